The summed E-state index contributed by atoms with van der Waals surface area (Å²) >= 11 is 6.14. The fourth-order valence-electron chi connectivity index (χ4n) is 2.11. The van der Waals surface area contributed by atoms with Gasteiger partial charge in [0.05, 0.1) is 10.7 Å². The SMILES string of the molecule is Cc1nc(Nc2cccc(F)c2)cc(Nc2ccccc2Cl)n1. The van der Waals surface area contributed by atoms with Gasteiger partial charge in [-0.1, -0.05) is 29.8 Å². The third kappa shape index (κ3) is 3.96. The van der Waals surface area contributed by atoms with Gasteiger partial charge in [0.25, 0.3) is 0 Å². The van der Waals surface area contributed by atoms with Crippen LogP contribution < -0.4 is 10.6 Å². The van der Waals surface area contributed by atoms with Gasteiger partial charge in [0.1, 0.15) is 23.3 Å². The summed E-state index contributed by atoms with van der Waals surface area (Å²) in [5, 5.41) is 6.82. The van der Waals surface area contributed by atoms with E-state index < -0.39 is 0 Å². The lowest BCUT2D eigenvalue weighted by molar-refractivity contribution is 0.628. The van der Waals surface area contributed by atoms with Gasteiger partial charge >= 0.3 is 0 Å². The second-order valence-electron chi connectivity index (χ2n) is 4.93. The Kier molecular flexibility index (Phi) is 4.39. The second-order valence-corrected chi connectivity index (χ2v) is 5.33. The number of aryl methyl sites for hydroxylation is 1. The molecular formula is C17H14ClFN4. The van der Waals surface area contributed by atoms with Crippen molar-refractivity contribution in [2.75, 3.05) is 10.6 Å². The molecule has 0 fully saturated rings. The molecule has 0 unspecified atom stereocenters. The molecule has 1 heterocycles. The van der Waals surface area contributed by atoms with Crippen molar-refractivity contribution in [1.29, 1.82) is 0 Å². The molecule has 0 atom stereocenters. The number of hydrogen-bond donors (Lipinski definition) is 2. The highest BCUT2D eigenvalue weighted by Crippen LogP contribution is 2.25. The van der Waals surface area contributed by atoms with Crippen LogP contribution in [0.25, 0.3) is 0 Å². The van der Waals surface area contributed by atoms with Crippen molar-refractivity contribution in [3.05, 3.63) is 71.3 Å². The summed E-state index contributed by atoms with van der Waals surface area (Å²) in [6.45, 7) is 1.79. The highest BCUT2D eigenvalue weighted by molar-refractivity contribution is 6.33. The lowest BCUT2D eigenvalue weighted by Gasteiger charge is -2.11. The third-order valence-corrected chi connectivity index (χ3v) is 3.40. The molecule has 23 heavy (non-hydrogen) atoms. The molecule has 1 aromatic heterocycles. The largest absolute Gasteiger partial charge is 0.340 e. The van der Waals surface area contributed by atoms with Crippen molar-refractivity contribution in [1.82, 2.24) is 9.97 Å². The summed E-state index contributed by atoms with van der Waals surface area (Å²) in [5.74, 6) is 1.44. The first kappa shape index (κ1) is 15.2. The number of nitrogens with one attached hydrogen (secondary N) is 2. The Bertz CT molecular complexity index is 838. The minimum atomic E-state index is -0.310. The van der Waals surface area contributed by atoms with Gasteiger partial charge in [-0.3, -0.25) is 0 Å². The second kappa shape index (κ2) is 6.62. The number of hydrogen-bond acceptors (Lipinski definition) is 4. The van der Waals surface area contributed by atoms with E-state index in [1.165, 1.54) is 12.1 Å². The van der Waals surface area contributed by atoms with E-state index in [1.807, 2.05) is 18.2 Å². The molecule has 0 aliphatic carbocycles. The Balaban J connectivity index is 1.86. The number of rotatable bonds is 4. The van der Waals surface area contributed by atoms with Crippen molar-refractivity contribution >= 4 is 34.6 Å². The summed E-state index contributed by atoms with van der Waals surface area (Å²) in [6, 6.07) is 15.3. The Morgan fingerprint density at radius 1 is 0.913 bits per heavy atom. The lowest BCUT2D eigenvalue weighted by atomic mass is 10.3. The standard InChI is InChI=1S/C17H14ClFN4/c1-11-20-16(22-13-6-4-5-12(19)9-13)10-17(21-11)23-15-8-3-2-7-14(15)18/h2-10H,1H3,(H2,20,21,22,23). The predicted octanol–water partition coefficient (Wildman–Crippen LogP) is 5.06. The number of nitrogens with zero attached hydrogens (tertiary/aromatic N) is 2. The topological polar surface area (TPSA) is 49.8 Å². The fourth-order valence-corrected chi connectivity index (χ4v) is 2.29. The highest BCUT2D eigenvalue weighted by atomic mass is 35.5. The monoisotopic (exact) mass is 328 g/mol. The van der Waals surface area contributed by atoms with Crippen molar-refractivity contribution in [2.45, 2.75) is 6.92 Å². The summed E-state index contributed by atoms with van der Waals surface area (Å²) < 4.78 is 13.3. The Labute approximate surface area is 138 Å². The van der Waals surface area contributed by atoms with Crippen LogP contribution in [-0.2, 0) is 0 Å². The number of aromatic nitrogens is 2. The van der Waals surface area contributed by atoms with Gasteiger partial charge in [-0.25, -0.2) is 14.4 Å². The van der Waals surface area contributed by atoms with Crippen LogP contribution in [0.2, 0.25) is 5.02 Å². The molecule has 0 spiro atoms. The van der Waals surface area contributed by atoms with Gasteiger partial charge in [-0.2, -0.15) is 0 Å². The number of anilines is 4. The van der Waals surface area contributed by atoms with E-state index in [2.05, 4.69) is 20.6 Å². The quantitative estimate of drug-likeness (QED) is 0.702. The molecule has 116 valence electrons. The zero-order valence-corrected chi connectivity index (χ0v) is 13.1. The van der Waals surface area contributed by atoms with Crippen molar-refractivity contribution < 1.29 is 4.39 Å². The first-order valence-corrected chi connectivity index (χ1v) is 7.38. The molecule has 4 nitrogen and oxygen atoms in total. The average Bonchev–Trinajstić information content (AvgIpc) is 2.49. The van der Waals surface area contributed by atoms with Gasteiger partial charge in [-0.15, -0.1) is 0 Å². The first-order valence-electron chi connectivity index (χ1n) is 7.00. The normalized spacial score (nSPS) is 10.4. The van der Waals surface area contributed by atoms with E-state index in [0.29, 0.717) is 28.2 Å². The lowest BCUT2D eigenvalue weighted by Crippen LogP contribution is -2.01. The molecule has 0 aliphatic rings. The van der Waals surface area contributed by atoms with Crippen molar-refractivity contribution in [3.8, 4) is 0 Å². The van der Waals surface area contributed by atoms with E-state index in [-0.39, 0.29) is 5.82 Å². The van der Waals surface area contributed by atoms with Crippen LogP contribution in [0, 0.1) is 12.7 Å². The van der Waals surface area contributed by atoms with Crippen LogP contribution in [0.5, 0.6) is 0 Å². The van der Waals surface area contributed by atoms with Crippen molar-refractivity contribution in [2.24, 2.45) is 0 Å². The van der Waals surface area contributed by atoms with Gasteiger partial charge in [0.2, 0.25) is 0 Å². The molecule has 0 bridgehead atoms. The predicted molar refractivity (Wildman–Crippen MR) is 91.2 cm³/mol. The molecule has 0 saturated carbocycles. The smallest absolute Gasteiger partial charge is 0.136 e. The van der Waals surface area contributed by atoms with Crippen LogP contribution in [0.4, 0.5) is 27.4 Å². The molecule has 2 aromatic carbocycles. The molecule has 0 amide bonds. The number of para-hydroxylation sites is 1. The zero-order valence-electron chi connectivity index (χ0n) is 12.3. The zero-order chi connectivity index (χ0) is 16.2. The Morgan fingerprint density at radius 2 is 1.65 bits per heavy atom. The van der Waals surface area contributed by atoms with Gasteiger partial charge < -0.3 is 10.6 Å². The maximum atomic E-state index is 13.3. The molecule has 2 N–H and O–H groups in total. The van der Waals surface area contributed by atoms with Crippen molar-refractivity contribution in [3.63, 3.8) is 0 Å². The van der Waals surface area contributed by atoms with Crippen LogP contribution in [0.15, 0.2) is 54.6 Å². The van der Waals surface area contributed by atoms with E-state index in [0.717, 1.165) is 5.69 Å². The molecule has 0 radical (unpaired) electrons. The highest BCUT2D eigenvalue weighted by Gasteiger charge is 2.05. The third-order valence-electron chi connectivity index (χ3n) is 3.07. The summed E-state index contributed by atoms with van der Waals surface area (Å²) in [7, 11) is 0. The average molecular weight is 329 g/mol. The summed E-state index contributed by atoms with van der Waals surface area (Å²) in [6.07, 6.45) is 0. The Hall–Kier alpha value is -2.66. The maximum Gasteiger partial charge on any atom is 0.136 e. The number of benzene rings is 2. The van der Waals surface area contributed by atoms with Crippen LogP contribution in [-0.4, -0.2) is 9.97 Å². The molecule has 3 rings (SSSR count). The number of halogens is 2. The van der Waals surface area contributed by atoms with Crippen LogP contribution in [0.1, 0.15) is 5.82 Å². The van der Waals surface area contributed by atoms with E-state index in [1.54, 1.807) is 31.2 Å². The van der Waals surface area contributed by atoms with Crippen LogP contribution >= 0.6 is 11.6 Å². The van der Waals surface area contributed by atoms with Gasteiger partial charge in [0, 0.05) is 11.8 Å². The summed E-state index contributed by atoms with van der Waals surface area (Å²) in [5.41, 5.74) is 1.37. The van der Waals surface area contributed by atoms with E-state index in [9.17, 15) is 4.39 Å². The van der Waals surface area contributed by atoms with Gasteiger partial charge in [0.15, 0.2) is 0 Å². The maximum absolute atomic E-state index is 13.3. The first-order chi connectivity index (χ1) is 11.1. The minimum Gasteiger partial charge on any atom is -0.340 e. The molecule has 6 heteroatoms. The van der Waals surface area contributed by atoms with E-state index in [4.69, 9.17) is 11.6 Å². The summed E-state index contributed by atoms with van der Waals surface area (Å²) in [4.78, 5) is 8.64. The fraction of sp³-hybridized carbons (Fsp3) is 0.0588. The minimum absolute atomic E-state index is 0.310. The molecular weight excluding hydrogens is 315 g/mol. The molecule has 0 saturated heterocycles. The van der Waals surface area contributed by atoms with Crippen LogP contribution in [0.3, 0.4) is 0 Å². The van der Waals surface area contributed by atoms with E-state index >= 15 is 0 Å². The molecule has 3 aromatic rings. The molecule has 0 aliphatic heterocycles. The Morgan fingerprint density at radius 3 is 2.39 bits per heavy atom. The van der Waals surface area contributed by atoms with Gasteiger partial charge in [-0.05, 0) is 37.3 Å².